The van der Waals surface area contributed by atoms with E-state index in [2.05, 4.69) is 64.2 Å². The molecule has 0 atom stereocenters. The van der Waals surface area contributed by atoms with Crippen LogP contribution >= 0.6 is 0 Å². The second kappa shape index (κ2) is 9.34. The minimum absolute atomic E-state index is 0.300. The summed E-state index contributed by atoms with van der Waals surface area (Å²) in [5, 5.41) is 3.42. The Balaban J connectivity index is 1.83. The molecule has 1 fully saturated rings. The molecule has 0 amide bonds. The second-order valence-electron chi connectivity index (χ2n) is 9.06. The molecular weight excluding hydrogens is 422 g/mol. The smallest absolute Gasteiger partial charge is 0.340 e. The summed E-state index contributed by atoms with van der Waals surface area (Å²) >= 11 is 0. The minimum atomic E-state index is -0.300. The lowest BCUT2D eigenvalue weighted by Crippen LogP contribution is -2.09. The highest BCUT2D eigenvalue weighted by molar-refractivity contribution is 6.08. The molecule has 1 aliphatic rings. The van der Waals surface area contributed by atoms with Gasteiger partial charge in [-0.3, -0.25) is 4.99 Å². The van der Waals surface area contributed by atoms with E-state index < -0.39 is 0 Å². The maximum atomic E-state index is 13.1. The fourth-order valence-electron chi connectivity index (χ4n) is 5.57. The van der Waals surface area contributed by atoms with Gasteiger partial charge in [-0.05, 0) is 65.3 Å². The third-order valence-corrected chi connectivity index (χ3v) is 7.19. The number of benzene rings is 3. The number of aliphatic imine (C=N–C) groups is 1. The van der Waals surface area contributed by atoms with E-state index in [0.717, 1.165) is 16.6 Å². The van der Waals surface area contributed by atoms with Crippen molar-refractivity contribution in [3.05, 3.63) is 71.4 Å². The number of carbonyl (C=O) groups excluding carboxylic acids is 1. The van der Waals surface area contributed by atoms with Crippen LogP contribution in [0.2, 0.25) is 0 Å². The van der Waals surface area contributed by atoms with Crippen LogP contribution in [0.4, 0.5) is 0 Å². The van der Waals surface area contributed by atoms with Gasteiger partial charge in [-0.1, -0.05) is 55.3 Å². The van der Waals surface area contributed by atoms with Crippen LogP contribution in [-0.4, -0.2) is 23.5 Å². The molecule has 0 spiro atoms. The zero-order valence-corrected chi connectivity index (χ0v) is 19.9. The van der Waals surface area contributed by atoms with Crippen molar-refractivity contribution in [3.8, 4) is 11.1 Å². The highest BCUT2D eigenvalue weighted by Gasteiger charge is 2.27. The molecule has 34 heavy (non-hydrogen) atoms. The zero-order valence-electron chi connectivity index (χ0n) is 19.9. The van der Waals surface area contributed by atoms with E-state index in [1.165, 1.54) is 59.5 Å². The summed E-state index contributed by atoms with van der Waals surface area (Å²) in [6.45, 7) is 2.50. The second-order valence-corrected chi connectivity index (χ2v) is 9.06. The first-order valence-corrected chi connectivity index (χ1v) is 12.1. The van der Waals surface area contributed by atoms with Crippen LogP contribution in [-0.2, 0) is 18.3 Å². The highest BCUT2D eigenvalue weighted by Crippen LogP contribution is 2.44. The van der Waals surface area contributed by atoms with Crippen molar-refractivity contribution in [1.82, 2.24) is 4.57 Å². The summed E-state index contributed by atoms with van der Waals surface area (Å²) in [4.78, 5) is 17.3. The highest BCUT2D eigenvalue weighted by atomic mass is 16.5. The van der Waals surface area contributed by atoms with Crippen molar-refractivity contribution in [2.24, 2.45) is 17.8 Å². The van der Waals surface area contributed by atoms with E-state index in [1.54, 1.807) is 0 Å². The first-order chi connectivity index (χ1) is 16.6. The number of aromatic nitrogens is 1. The molecule has 0 bridgehead atoms. The van der Waals surface area contributed by atoms with Crippen LogP contribution in [0, 0.1) is 0 Å². The van der Waals surface area contributed by atoms with Crippen molar-refractivity contribution >= 4 is 34.0 Å². The first kappa shape index (κ1) is 22.2. The van der Waals surface area contributed by atoms with Crippen LogP contribution in [0.25, 0.3) is 32.8 Å². The molecule has 0 unspecified atom stereocenters. The first-order valence-electron chi connectivity index (χ1n) is 12.1. The normalized spacial score (nSPS) is 14.5. The Labute approximate surface area is 200 Å². The lowest BCUT2D eigenvalue weighted by atomic mass is 9.86. The van der Waals surface area contributed by atoms with Gasteiger partial charge in [0.2, 0.25) is 0 Å². The summed E-state index contributed by atoms with van der Waals surface area (Å²) in [7, 11) is 1.99. The number of hydrogen-bond donors (Lipinski definition) is 1. The molecule has 5 nitrogen and oxygen atoms in total. The Hall–Kier alpha value is -3.60. The van der Waals surface area contributed by atoms with Gasteiger partial charge in [-0.2, -0.15) is 0 Å². The standard InChI is InChI=1S/C29H31N3O2/c1-3-34-29(33)28-25-15-23(20-10-4-5-11-20)24(16-26(25)32(2)27(28)17-31-18-30)22-14-8-12-19-9-6-7-13-21(19)22/h6-9,12-16,18,20H,3-5,10-11,17H2,1-2H3,(H2,30,31). The predicted molar refractivity (Wildman–Crippen MR) is 139 cm³/mol. The number of ether oxygens (including phenoxy) is 1. The summed E-state index contributed by atoms with van der Waals surface area (Å²) < 4.78 is 7.54. The molecule has 1 heterocycles. The third kappa shape index (κ3) is 3.75. The maximum absolute atomic E-state index is 13.1. The summed E-state index contributed by atoms with van der Waals surface area (Å²) in [6.07, 6.45) is 6.13. The molecule has 5 rings (SSSR count). The maximum Gasteiger partial charge on any atom is 0.340 e. The Bertz CT molecular complexity index is 1390. The minimum Gasteiger partial charge on any atom is -0.462 e. The number of hydrogen-bond acceptors (Lipinski definition) is 3. The Morgan fingerprint density at radius 3 is 2.62 bits per heavy atom. The number of aryl methyl sites for hydroxylation is 1. The molecule has 4 aromatic rings. The topological polar surface area (TPSA) is 69.6 Å². The molecular formula is C29H31N3O2. The molecule has 3 aromatic carbocycles. The van der Waals surface area contributed by atoms with Crippen molar-refractivity contribution in [2.45, 2.75) is 45.1 Å². The van der Waals surface area contributed by atoms with Crippen LogP contribution < -0.4 is 5.73 Å². The van der Waals surface area contributed by atoms with Gasteiger partial charge in [0.25, 0.3) is 0 Å². The SMILES string of the molecule is CCOC(=O)c1c(CN=CN)n(C)c2cc(-c3cccc4ccccc34)c(C3CCCC3)cc12. The lowest BCUT2D eigenvalue weighted by molar-refractivity contribution is 0.0527. The van der Waals surface area contributed by atoms with E-state index in [4.69, 9.17) is 10.5 Å². The third-order valence-electron chi connectivity index (χ3n) is 7.19. The van der Waals surface area contributed by atoms with Gasteiger partial charge in [0.15, 0.2) is 0 Å². The average molecular weight is 454 g/mol. The quantitative estimate of drug-likeness (QED) is 0.211. The van der Waals surface area contributed by atoms with Gasteiger partial charge >= 0.3 is 5.97 Å². The molecule has 1 aliphatic carbocycles. The number of nitrogens with two attached hydrogens (primary N) is 1. The van der Waals surface area contributed by atoms with E-state index in [9.17, 15) is 4.79 Å². The largest absolute Gasteiger partial charge is 0.462 e. The van der Waals surface area contributed by atoms with Crippen LogP contribution in [0.5, 0.6) is 0 Å². The molecule has 2 N–H and O–H groups in total. The Kier molecular flexibility index (Phi) is 6.10. The number of rotatable bonds is 6. The van der Waals surface area contributed by atoms with Crippen LogP contribution in [0.15, 0.2) is 59.6 Å². The number of nitrogens with zero attached hydrogens (tertiary/aromatic N) is 2. The summed E-state index contributed by atoms with van der Waals surface area (Å²) in [5.74, 6) is 0.185. The van der Waals surface area contributed by atoms with Crippen molar-refractivity contribution < 1.29 is 9.53 Å². The Morgan fingerprint density at radius 2 is 1.85 bits per heavy atom. The molecule has 0 aliphatic heterocycles. The van der Waals surface area contributed by atoms with Crippen LogP contribution in [0.3, 0.4) is 0 Å². The van der Waals surface area contributed by atoms with Crippen molar-refractivity contribution in [1.29, 1.82) is 0 Å². The zero-order chi connectivity index (χ0) is 23.7. The molecule has 0 radical (unpaired) electrons. The number of esters is 1. The van der Waals surface area contributed by atoms with Gasteiger partial charge in [-0.15, -0.1) is 0 Å². The van der Waals surface area contributed by atoms with Crippen LogP contribution in [0.1, 0.15) is 60.1 Å². The van der Waals surface area contributed by atoms with E-state index in [0.29, 0.717) is 24.6 Å². The number of carbonyl (C=O) groups is 1. The van der Waals surface area contributed by atoms with E-state index >= 15 is 0 Å². The lowest BCUT2D eigenvalue weighted by Gasteiger charge is -2.18. The molecule has 1 saturated carbocycles. The van der Waals surface area contributed by atoms with Gasteiger partial charge in [0, 0.05) is 18.0 Å². The number of fused-ring (bicyclic) bond motifs is 2. The van der Waals surface area contributed by atoms with Crippen molar-refractivity contribution in [2.75, 3.05) is 6.61 Å². The monoisotopic (exact) mass is 453 g/mol. The van der Waals surface area contributed by atoms with E-state index in [-0.39, 0.29) is 5.97 Å². The molecule has 1 aromatic heterocycles. The van der Waals surface area contributed by atoms with E-state index in [1.807, 2.05) is 14.0 Å². The Morgan fingerprint density at radius 1 is 1.09 bits per heavy atom. The summed E-state index contributed by atoms with van der Waals surface area (Å²) in [6, 6.07) is 19.6. The summed E-state index contributed by atoms with van der Waals surface area (Å²) in [5.41, 5.74) is 11.8. The molecule has 174 valence electrons. The van der Waals surface area contributed by atoms with Crippen molar-refractivity contribution in [3.63, 3.8) is 0 Å². The molecule has 5 heteroatoms. The molecule has 0 saturated heterocycles. The average Bonchev–Trinajstić information content (AvgIpc) is 3.48. The fraction of sp³-hybridized carbons (Fsp3) is 0.310. The van der Waals surface area contributed by atoms with Gasteiger partial charge in [-0.25, -0.2) is 4.79 Å². The predicted octanol–water partition coefficient (Wildman–Crippen LogP) is 6.32. The van der Waals surface area contributed by atoms with Gasteiger partial charge in [0.1, 0.15) is 0 Å². The van der Waals surface area contributed by atoms with Gasteiger partial charge < -0.3 is 15.0 Å². The van der Waals surface area contributed by atoms with Gasteiger partial charge in [0.05, 0.1) is 30.7 Å². The fourth-order valence-corrected chi connectivity index (χ4v) is 5.57.